The number of hydrogen-bond donors (Lipinski definition) is 0. The predicted octanol–water partition coefficient (Wildman–Crippen LogP) is 4.88. The standard InChI is InChI=1S/C16H14Cl2N2S/c17-16(18)9-11(16)10-20-14-6-2-1-5-13(14)19-15(20)8-12-4-3-7-21-12/h1-7,11H,8-10H2. The van der Waals surface area contributed by atoms with Gasteiger partial charge in [0, 0.05) is 23.8 Å². The largest absolute Gasteiger partial charge is 0.327 e. The Kier molecular flexibility index (Phi) is 3.25. The summed E-state index contributed by atoms with van der Waals surface area (Å²) in [5, 5.41) is 2.10. The first-order valence-corrected chi connectivity index (χ1v) is 8.61. The number of para-hydroxylation sites is 2. The van der Waals surface area contributed by atoms with Gasteiger partial charge in [0.15, 0.2) is 0 Å². The third kappa shape index (κ3) is 2.59. The monoisotopic (exact) mass is 336 g/mol. The molecule has 2 nitrogen and oxygen atoms in total. The normalized spacial score (nSPS) is 20.0. The molecule has 21 heavy (non-hydrogen) atoms. The zero-order chi connectivity index (χ0) is 14.4. The molecule has 0 saturated heterocycles. The van der Waals surface area contributed by atoms with E-state index in [0.29, 0.717) is 5.92 Å². The van der Waals surface area contributed by atoms with Gasteiger partial charge < -0.3 is 4.57 Å². The summed E-state index contributed by atoms with van der Waals surface area (Å²) in [5.41, 5.74) is 2.21. The minimum atomic E-state index is -0.550. The molecule has 0 radical (unpaired) electrons. The number of benzene rings is 1. The van der Waals surface area contributed by atoms with Crippen molar-refractivity contribution in [1.82, 2.24) is 9.55 Å². The second-order valence-electron chi connectivity index (χ2n) is 5.55. The Labute approximate surface area is 137 Å². The SMILES string of the molecule is ClC1(Cl)CC1Cn1c(Cc2cccs2)nc2ccccc21. The van der Waals surface area contributed by atoms with Gasteiger partial charge in [-0.2, -0.15) is 0 Å². The topological polar surface area (TPSA) is 17.8 Å². The fourth-order valence-electron chi connectivity index (χ4n) is 2.72. The van der Waals surface area contributed by atoms with E-state index < -0.39 is 4.33 Å². The van der Waals surface area contributed by atoms with E-state index in [1.807, 2.05) is 6.07 Å². The lowest BCUT2D eigenvalue weighted by atomic mass is 10.3. The van der Waals surface area contributed by atoms with Crippen molar-refractivity contribution >= 4 is 45.6 Å². The van der Waals surface area contributed by atoms with E-state index in [1.54, 1.807) is 11.3 Å². The fourth-order valence-corrected chi connectivity index (χ4v) is 3.93. The van der Waals surface area contributed by atoms with Crippen LogP contribution in [0.1, 0.15) is 17.1 Å². The second-order valence-corrected chi connectivity index (χ2v) is 8.12. The molecule has 2 aromatic heterocycles. The summed E-state index contributed by atoms with van der Waals surface area (Å²) in [4.78, 5) is 6.12. The Morgan fingerprint density at radius 2 is 2.05 bits per heavy atom. The highest BCUT2D eigenvalue weighted by atomic mass is 35.5. The number of hydrogen-bond acceptors (Lipinski definition) is 2. The van der Waals surface area contributed by atoms with Gasteiger partial charge in [-0.3, -0.25) is 0 Å². The van der Waals surface area contributed by atoms with Crippen molar-refractivity contribution in [2.45, 2.75) is 23.7 Å². The fraction of sp³-hybridized carbons (Fsp3) is 0.312. The van der Waals surface area contributed by atoms with Crippen LogP contribution in [0.2, 0.25) is 0 Å². The first-order chi connectivity index (χ1) is 10.1. The summed E-state index contributed by atoms with van der Waals surface area (Å²) >= 11 is 14.2. The maximum Gasteiger partial charge on any atom is 0.123 e. The molecule has 108 valence electrons. The number of nitrogens with zero attached hydrogens (tertiary/aromatic N) is 2. The number of alkyl halides is 2. The molecule has 1 fully saturated rings. The van der Waals surface area contributed by atoms with Crippen molar-refractivity contribution < 1.29 is 0 Å². The van der Waals surface area contributed by atoms with Gasteiger partial charge in [0.25, 0.3) is 0 Å². The van der Waals surface area contributed by atoms with Crippen molar-refractivity contribution in [1.29, 1.82) is 0 Å². The van der Waals surface area contributed by atoms with E-state index >= 15 is 0 Å². The molecule has 0 N–H and O–H groups in total. The van der Waals surface area contributed by atoms with Crippen molar-refractivity contribution in [3.63, 3.8) is 0 Å². The molecule has 1 atom stereocenters. The average molecular weight is 337 g/mol. The van der Waals surface area contributed by atoms with Crippen LogP contribution in [0.3, 0.4) is 0 Å². The molecular formula is C16H14Cl2N2S. The van der Waals surface area contributed by atoms with Crippen LogP contribution < -0.4 is 0 Å². The van der Waals surface area contributed by atoms with Gasteiger partial charge in [0.2, 0.25) is 0 Å². The summed E-state index contributed by atoms with van der Waals surface area (Å²) in [6.45, 7) is 0.841. The lowest BCUT2D eigenvalue weighted by molar-refractivity contribution is 0.613. The minimum Gasteiger partial charge on any atom is -0.327 e. The molecule has 1 aliphatic rings. The van der Waals surface area contributed by atoms with Crippen molar-refractivity contribution in [3.8, 4) is 0 Å². The van der Waals surface area contributed by atoms with Crippen LogP contribution >= 0.6 is 34.5 Å². The zero-order valence-corrected chi connectivity index (χ0v) is 13.6. The minimum absolute atomic E-state index is 0.320. The Morgan fingerprint density at radius 3 is 2.76 bits per heavy atom. The molecule has 2 heterocycles. The highest BCUT2D eigenvalue weighted by Gasteiger charge is 2.51. The van der Waals surface area contributed by atoms with Gasteiger partial charge >= 0.3 is 0 Å². The van der Waals surface area contributed by atoms with Crippen LogP contribution in [0.15, 0.2) is 41.8 Å². The summed E-state index contributed by atoms with van der Waals surface area (Å²) in [5.74, 6) is 1.41. The molecule has 1 aromatic carbocycles. The van der Waals surface area contributed by atoms with E-state index in [2.05, 4.69) is 40.3 Å². The van der Waals surface area contributed by atoms with E-state index in [9.17, 15) is 0 Å². The van der Waals surface area contributed by atoms with Crippen LogP contribution in [0.5, 0.6) is 0 Å². The maximum atomic E-state index is 6.20. The van der Waals surface area contributed by atoms with Crippen LogP contribution in [0.25, 0.3) is 11.0 Å². The molecule has 3 aromatic rings. The van der Waals surface area contributed by atoms with E-state index in [0.717, 1.165) is 30.7 Å². The van der Waals surface area contributed by atoms with Gasteiger partial charge in [-0.15, -0.1) is 34.5 Å². The molecular weight excluding hydrogens is 323 g/mol. The average Bonchev–Trinajstić information content (AvgIpc) is 2.87. The molecule has 1 saturated carbocycles. The number of aromatic nitrogens is 2. The Bertz CT molecular complexity index is 777. The Morgan fingerprint density at radius 1 is 1.24 bits per heavy atom. The first-order valence-electron chi connectivity index (χ1n) is 6.98. The zero-order valence-electron chi connectivity index (χ0n) is 11.3. The summed E-state index contributed by atoms with van der Waals surface area (Å²) in [6, 6.07) is 12.5. The van der Waals surface area contributed by atoms with Crippen LogP contribution in [-0.4, -0.2) is 13.9 Å². The summed E-state index contributed by atoms with van der Waals surface area (Å²) in [6.07, 6.45) is 1.72. The van der Waals surface area contributed by atoms with Gasteiger partial charge in [-0.05, 0) is 30.0 Å². The number of rotatable bonds is 4. The molecule has 5 heteroatoms. The summed E-state index contributed by atoms with van der Waals surface area (Å²) < 4.78 is 1.73. The van der Waals surface area contributed by atoms with Gasteiger partial charge in [0.1, 0.15) is 10.2 Å². The van der Waals surface area contributed by atoms with E-state index in [1.165, 1.54) is 10.4 Å². The number of halogens is 2. The summed E-state index contributed by atoms with van der Waals surface area (Å²) in [7, 11) is 0. The number of imidazole rings is 1. The highest BCUT2D eigenvalue weighted by molar-refractivity contribution is 7.09. The van der Waals surface area contributed by atoms with Crippen LogP contribution in [-0.2, 0) is 13.0 Å². The molecule has 0 amide bonds. The molecule has 0 spiro atoms. The maximum absolute atomic E-state index is 6.20. The second kappa shape index (κ2) is 5.01. The van der Waals surface area contributed by atoms with E-state index in [4.69, 9.17) is 28.2 Å². The molecule has 4 rings (SSSR count). The molecule has 0 bridgehead atoms. The van der Waals surface area contributed by atoms with Gasteiger partial charge in [0.05, 0.1) is 11.0 Å². The Balaban J connectivity index is 1.74. The third-order valence-electron chi connectivity index (χ3n) is 4.00. The number of fused-ring (bicyclic) bond motifs is 1. The predicted molar refractivity (Wildman–Crippen MR) is 89.4 cm³/mol. The Hall–Kier alpha value is -1.03. The van der Waals surface area contributed by atoms with Crippen molar-refractivity contribution in [2.75, 3.05) is 0 Å². The van der Waals surface area contributed by atoms with Crippen molar-refractivity contribution in [2.24, 2.45) is 5.92 Å². The first kappa shape index (κ1) is 13.6. The van der Waals surface area contributed by atoms with Gasteiger partial charge in [-0.25, -0.2) is 4.98 Å². The smallest absolute Gasteiger partial charge is 0.123 e. The lowest BCUT2D eigenvalue weighted by Gasteiger charge is -2.09. The van der Waals surface area contributed by atoms with Gasteiger partial charge in [-0.1, -0.05) is 18.2 Å². The number of thiophene rings is 1. The quantitative estimate of drug-likeness (QED) is 0.620. The lowest BCUT2D eigenvalue weighted by Crippen LogP contribution is -2.08. The molecule has 1 aliphatic carbocycles. The van der Waals surface area contributed by atoms with Crippen molar-refractivity contribution in [3.05, 3.63) is 52.5 Å². The molecule has 1 unspecified atom stereocenters. The van der Waals surface area contributed by atoms with Crippen LogP contribution in [0.4, 0.5) is 0 Å². The van der Waals surface area contributed by atoms with E-state index in [-0.39, 0.29) is 0 Å². The highest BCUT2D eigenvalue weighted by Crippen LogP contribution is 2.54. The van der Waals surface area contributed by atoms with Crippen LogP contribution in [0, 0.1) is 5.92 Å². The third-order valence-corrected chi connectivity index (χ3v) is 5.81. The molecule has 0 aliphatic heterocycles.